The van der Waals surface area contributed by atoms with Gasteiger partial charge in [0.2, 0.25) is 0 Å². The minimum atomic E-state index is 0.252. The zero-order chi connectivity index (χ0) is 8.10. The summed E-state index contributed by atoms with van der Waals surface area (Å²) in [7, 11) is 0. The molecular weight excluding hydrogens is 142 g/mol. The third-order valence-electron chi connectivity index (χ3n) is 1.20. The fourth-order valence-corrected chi connectivity index (χ4v) is 0.772. The molecule has 0 fully saturated rings. The number of hydrogen-bond acceptors (Lipinski definition) is 3. The summed E-state index contributed by atoms with van der Waals surface area (Å²) in [4.78, 5) is 6.86. The van der Waals surface area contributed by atoms with Crippen LogP contribution in [0, 0.1) is 5.41 Å². The zero-order valence-corrected chi connectivity index (χ0v) is 6.42. The van der Waals surface area contributed by atoms with Crippen molar-refractivity contribution in [3.05, 3.63) is 18.2 Å². The number of aromatic nitrogens is 2. The van der Waals surface area contributed by atoms with E-state index in [1.165, 1.54) is 0 Å². The molecule has 0 saturated carbocycles. The Balaban J connectivity index is 2.37. The number of hydrogen-bond donors (Lipinski definition) is 2. The first kappa shape index (κ1) is 7.78. The van der Waals surface area contributed by atoms with Crippen LogP contribution in [0.3, 0.4) is 0 Å². The van der Waals surface area contributed by atoms with Crippen molar-refractivity contribution in [3.63, 3.8) is 0 Å². The Bertz CT molecular complexity index is 218. The smallest absolute Gasteiger partial charge is 0.188 e. The summed E-state index contributed by atoms with van der Waals surface area (Å²) in [5.41, 5.74) is 0. The van der Waals surface area contributed by atoms with Gasteiger partial charge in [-0.25, -0.2) is 4.98 Å². The molecule has 0 radical (unpaired) electrons. The van der Waals surface area contributed by atoms with Crippen molar-refractivity contribution in [3.8, 4) is 0 Å². The lowest BCUT2D eigenvalue weighted by Crippen LogP contribution is -2.07. The van der Waals surface area contributed by atoms with Crippen LogP contribution in [0.25, 0.3) is 0 Å². The number of ether oxygens (including phenoxy) is 1. The summed E-state index contributed by atoms with van der Waals surface area (Å²) in [6, 6.07) is 0. The van der Waals surface area contributed by atoms with Gasteiger partial charge < -0.3 is 9.72 Å². The summed E-state index contributed by atoms with van der Waals surface area (Å²) < 4.78 is 4.94. The first-order chi connectivity index (χ1) is 5.33. The molecule has 60 valence electrons. The maximum Gasteiger partial charge on any atom is 0.188 e. The van der Waals surface area contributed by atoms with Crippen LogP contribution in [0.5, 0.6) is 0 Å². The lowest BCUT2D eigenvalue weighted by molar-refractivity contribution is 0.316. The van der Waals surface area contributed by atoms with Gasteiger partial charge in [0.1, 0.15) is 5.82 Å². The van der Waals surface area contributed by atoms with Gasteiger partial charge in [0, 0.05) is 12.4 Å². The highest BCUT2D eigenvalue weighted by Crippen LogP contribution is 1.92. The van der Waals surface area contributed by atoms with Crippen LogP contribution in [0.4, 0.5) is 0 Å². The predicted molar refractivity (Wildman–Crippen MR) is 41.6 cm³/mol. The van der Waals surface area contributed by atoms with Gasteiger partial charge in [-0.2, -0.15) is 0 Å². The lowest BCUT2D eigenvalue weighted by Gasteiger charge is -2.01. The molecule has 0 aliphatic rings. The third-order valence-corrected chi connectivity index (χ3v) is 1.20. The normalized spacial score (nSPS) is 9.55. The second-order valence-corrected chi connectivity index (χ2v) is 2.07. The molecule has 1 heterocycles. The van der Waals surface area contributed by atoms with Gasteiger partial charge in [0.15, 0.2) is 5.90 Å². The van der Waals surface area contributed by atoms with E-state index in [4.69, 9.17) is 10.1 Å². The SMILES string of the molecule is CCOC(=N)Cc1ncc[nH]1. The van der Waals surface area contributed by atoms with E-state index in [1.54, 1.807) is 12.4 Å². The maximum atomic E-state index is 7.28. The summed E-state index contributed by atoms with van der Waals surface area (Å²) in [5, 5.41) is 7.28. The van der Waals surface area contributed by atoms with Crippen molar-refractivity contribution in [2.45, 2.75) is 13.3 Å². The number of rotatable bonds is 3. The zero-order valence-electron chi connectivity index (χ0n) is 6.42. The molecule has 0 spiro atoms. The standard InChI is InChI=1S/C7H11N3O/c1-2-11-6(8)5-7-9-3-4-10-7/h3-4,8H,2,5H2,1H3,(H,9,10). The molecule has 0 atom stereocenters. The van der Waals surface area contributed by atoms with Crippen molar-refractivity contribution >= 4 is 5.90 Å². The summed E-state index contributed by atoms with van der Waals surface area (Å²) in [6.07, 6.45) is 3.84. The molecule has 0 unspecified atom stereocenters. The highest BCUT2D eigenvalue weighted by atomic mass is 16.5. The number of H-pyrrole nitrogens is 1. The van der Waals surface area contributed by atoms with Crippen molar-refractivity contribution in [1.82, 2.24) is 9.97 Å². The fourth-order valence-electron chi connectivity index (χ4n) is 0.772. The van der Waals surface area contributed by atoms with Crippen molar-refractivity contribution in [2.24, 2.45) is 0 Å². The summed E-state index contributed by atoms with van der Waals surface area (Å²) >= 11 is 0. The molecule has 1 aromatic heterocycles. The highest BCUT2D eigenvalue weighted by molar-refractivity contribution is 5.74. The van der Waals surface area contributed by atoms with E-state index in [-0.39, 0.29) is 5.90 Å². The number of nitrogens with one attached hydrogen (secondary N) is 2. The number of nitrogens with zero attached hydrogens (tertiary/aromatic N) is 1. The van der Waals surface area contributed by atoms with E-state index >= 15 is 0 Å². The Morgan fingerprint density at radius 3 is 3.18 bits per heavy atom. The minimum absolute atomic E-state index is 0.252. The predicted octanol–water partition coefficient (Wildman–Crippen LogP) is 0.966. The van der Waals surface area contributed by atoms with Crippen molar-refractivity contribution in [1.29, 1.82) is 5.41 Å². The molecule has 0 saturated heterocycles. The summed E-state index contributed by atoms with van der Waals surface area (Å²) in [6.45, 7) is 2.40. The first-order valence-corrected chi connectivity index (χ1v) is 3.51. The summed E-state index contributed by atoms with van der Waals surface area (Å²) in [5.74, 6) is 1.02. The average Bonchev–Trinajstić information content (AvgIpc) is 2.40. The maximum absolute atomic E-state index is 7.28. The largest absolute Gasteiger partial charge is 0.481 e. The van der Waals surface area contributed by atoms with E-state index < -0.39 is 0 Å². The van der Waals surface area contributed by atoms with Crippen LogP contribution in [0.2, 0.25) is 0 Å². The van der Waals surface area contributed by atoms with Crippen LogP contribution >= 0.6 is 0 Å². The molecule has 4 heteroatoms. The number of imidazole rings is 1. The Labute approximate surface area is 65.1 Å². The van der Waals surface area contributed by atoms with E-state index in [0.29, 0.717) is 13.0 Å². The molecule has 0 amide bonds. The second kappa shape index (κ2) is 3.75. The third kappa shape index (κ3) is 2.41. The molecule has 0 aliphatic heterocycles. The lowest BCUT2D eigenvalue weighted by atomic mass is 10.4. The molecule has 4 nitrogen and oxygen atoms in total. The van der Waals surface area contributed by atoms with Gasteiger partial charge in [-0.1, -0.05) is 0 Å². The molecule has 0 aliphatic carbocycles. The van der Waals surface area contributed by atoms with Gasteiger partial charge >= 0.3 is 0 Å². The molecule has 1 aromatic rings. The van der Waals surface area contributed by atoms with Crippen LogP contribution in [-0.4, -0.2) is 22.5 Å². The Morgan fingerprint density at radius 2 is 2.64 bits per heavy atom. The van der Waals surface area contributed by atoms with Crippen molar-refractivity contribution in [2.75, 3.05) is 6.61 Å². The minimum Gasteiger partial charge on any atom is -0.481 e. The van der Waals surface area contributed by atoms with Crippen LogP contribution in [-0.2, 0) is 11.2 Å². The van der Waals surface area contributed by atoms with Gasteiger partial charge in [-0.3, -0.25) is 5.41 Å². The first-order valence-electron chi connectivity index (χ1n) is 3.51. The molecule has 11 heavy (non-hydrogen) atoms. The average molecular weight is 153 g/mol. The second-order valence-electron chi connectivity index (χ2n) is 2.07. The Hall–Kier alpha value is -1.32. The molecule has 0 bridgehead atoms. The van der Waals surface area contributed by atoms with E-state index in [9.17, 15) is 0 Å². The van der Waals surface area contributed by atoms with Crippen LogP contribution in [0.15, 0.2) is 12.4 Å². The van der Waals surface area contributed by atoms with Gasteiger partial charge in [0.25, 0.3) is 0 Å². The monoisotopic (exact) mass is 153 g/mol. The van der Waals surface area contributed by atoms with Crippen molar-refractivity contribution < 1.29 is 4.74 Å². The molecule has 2 N–H and O–H groups in total. The highest BCUT2D eigenvalue weighted by Gasteiger charge is 1.99. The van der Waals surface area contributed by atoms with E-state index in [1.807, 2.05) is 6.92 Å². The Morgan fingerprint density at radius 1 is 1.82 bits per heavy atom. The van der Waals surface area contributed by atoms with Gasteiger partial charge in [-0.15, -0.1) is 0 Å². The molecular formula is C7H11N3O. The topological polar surface area (TPSA) is 61.8 Å². The molecule has 1 rings (SSSR count). The number of aromatic amines is 1. The fraction of sp³-hybridized carbons (Fsp3) is 0.429. The Kier molecular flexibility index (Phi) is 2.66. The van der Waals surface area contributed by atoms with Gasteiger partial charge in [-0.05, 0) is 6.92 Å². The van der Waals surface area contributed by atoms with E-state index in [0.717, 1.165) is 5.82 Å². The van der Waals surface area contributed by atoms with Gasteiger partial charge in [0.05, 0.1) is 13.0 Å². The molecule has 0 aromatic carbocycles. The van der Waals surface area contributed by atoms with E-state index in [2.05, 4.69) is 9.97 Å². The van der Waals surface area contributed by atoms with Crippen LogP contribution in [0.1, 0.15) is 12.7 Å². The quantitative estimate of drug-likeness (QED) is 0.502. The van der Waals surface area contributed by atoms with Crippen LogP contribution < -0.4 is 0 Å².